The van der Waals surface area contributed by atoms with Crippen molar-refractivity contribution in [3.05, 3.63) is 64.8 Å². The summed E-state index contributed by atoms with van der Waals surface area (Å²) in [5.74, 6) is -0.416. The molecule has 0 bridgehead atoms. The van der Waals surface area contributed by atoms with E-state index in [-0.39, 0.29) is 65.3 Å². The fraction of sp³-hybridized carbons (Fsp3) is 0.472. The number of nitrogens with one attached hydrogen (secondary N) is 1. The van der Waals surface area contributed by atoms with Gasteiger partial charge < -0.3 is 38.4 Å². The number of piperidine rings is 2. The van der Waals surface area contributed by atoms with Crippen LogP contribution in [0, 0.1) is 5.82 Å². The predicted molar refractivity (Wildman–Crippen MR) is 191 cm³/mol. The Balaban J connectivity index is 1.39. The minimum absolute atomic E-state index is 0.136. The topological polar surface area (TPSA) is 166 Å². The maximum Gasteiger partial charge on any atom is 0.410 e. The van der Waals surface area contributed by atoms with Crippen LogP contribution < -0.4 is 24.5 Å². The molecule has 2 aliphatic heterocycles. The number of rotatable bonds is 10. The Morgan fingerprint density at radius 3 is 2.10 bits per heavy atom. The van der Waals surface area contributed by atoms with Crippen molar-refractivity contribution in [3.8, 4) is 34.1 Å². The van der Waals surface area contributed by atoms with Gasteiger partial charge in [-0.25, -0.2) is 22.4 Å². The summed E-state index contributed by atoms with van der Waals surface area (Å²) in [7, 11) is -2.12. The number of carboxylic acid groups (broad SMARTS) is 1. The number of sulfonamides is 1. The summed E-state index contributed by atoms with van der Waals surface area (Å²) in [6, 6.07) is 10.0. The Kier molecular flexibility index (Phi) is 11.6. The molecule has 0 atom stereocenters. The van der Waals surface area contributed by atoms with Gasteiger partial charge in [0.1, 0.15) is 35.1 Å². The number of aromatic nitrogens is 1. The Labute approximate surface area is 302 Å². The summed E-state index contributed by atoms with van der Waals surface area (Å²) in [4.78, 5) is 39.5. The molecule has 2 saturated heterocycles. The average Bonchev–Trinajstić information content (AvgIpc) is 3.08. The minimum Gasteiger partial charge on any atom is -0.490 e. The minimum atomic E-state index is -3.67. The van der Waals surface area contributed by atoms with Crippen LogP contribution in [0.15, 0.2) is 53.5 Å². The fourth-order valence-corrected chi connectivity index (χ4v) is 6.46. The van der Waals surface area contributed by atoms with Crippen molar-refractivity contribution < 1.29 is 46.5 Å². The van der Waals surface area contributed by atoms with Crippen LogP contribution in [0.5, 0.6) is 23.0 Å². The van der Waals surface area contributed by atoms with Crippen LogP contribution in [0.4, 0.5) is 19.7 Å². The lowest BCUT2D eigenvalue weighted by molar-refractivity contribution is 0.0126. The molecule has 0 radical (unpaired) electrons. The van der Waals surface area contributed by atoms with E-state index >= 15 is 4.39 Å². The summed E-state index contributed by atoms with van der Waals surface area (Å²) in [6.45, 7) is 8.32. The standard InChI is InChI=1S/C36H45FN4O10S/c1-6-52(46,47)38-23-7-9-30(27(19-23)28-22-39(5)33(42)21-32(28)49-25-11-15-40(16-12-25)34(43)44)50-31-10-8-26(20-29(31)37)48-24-13-17-41(18-14-24)35(45)51-36(2,3)4/h7-10,19-22,24-25,38H,6,11-18H2,1-5H3,(H,43,44). The number of benzene rings is 2. The van der Waals surface area contributed by atoms with Crippen molar-refractivity contribution in [1.29, 1.82) is 0 Å². The first-order valence-electron chi connectivity index (χ1n) is 17.1. The number of carbonyl (C=O) groups is 2. The molecule has 52 heavy (non-hydrogen) atoms. The van der Waals surface area contributed by atoms with Gasteiger partial charge in [-0.15, -0.1) is 0 Å². The Morgan fingerprint density at radius 1 is 0.885 bits per heavy atom. The van der Waals surface area contributed by atoms with E-state index in [0.717, 1.165) is 0 Å². The number of pyridine rings is 1. The molecule has 2 aliphatic rings. The number of aryl methyl sites for hydroxylation is 1. The van der Waals surface area contributed by atoms with Gasteiger partial charge >= 0.3 is 12.2 Å². The summed E-state index contributed by atoms with van der Waals surface area (Å²) in [5.41, 5.74) is -0.0843. The van der Waals surface area contributed by atoms with Crippen molar-refractivity contribution in [2.75, 3.05) is 36.7 Å². The van der Waals surface area contributed by atoms with E-state index in [4.69, 9.17) is 18.9 Å². The molecule has 14 nitrogen and oxygen atoms in total. The summed E-state index contributed by atoms with van der Waals surface area (Å²) >= 11 is 0. The molecule has 0 unspecified atom stereocenters. The molecule has 1 aromatic heterocycles. The monoisotopic (exact) mass is 744 g/mol. The smallest absolute Gasteiger partial charge is 0.410 e. The van der Waals surface area contributed by atoms with Crippen LogP contribution in [-0.4, -0.2) is 89.8 Å². The largest absolute Gasteiger partial charge is 0.490 e. The second-order valence-corrected chi connectivity index (χ2v) is 15.8. The van der Waals surface area contributed by atoms with Crippen molar-refractivity contribution >= 4 is 27.9 Å². The number of hydrogen-bond acceptors (Lipinski definition) is 9. The van der Waals surface area contributed by atoms with Gasteiger partial charge in [-0.1, -0.05) is 0 Å². The predicted octanol–water partition coefficient (Wildman–Crippen LogP) is 6.04. The summed E-state index contributed by atoms with van der Waals surface area (Å²) in [5, 5.41) is 9.34. The molecule has 0 spiro atoms. The molecule has 3 aromatic rings. The summed E-state index contributed by atoms with van der Waals surface area (Å²) in [6.07, 6.45) is 1.34. The fourth-order valence-electron chi connectivity index (χ4n) is 5.83. The normalized spacial score (nSPS) is 16.0. The Hall–Kier alpha value is -4.99. The molecule has 2 aromatic carbocycles. The van der Waals surface area contributed by atoms with Crippen molar-refractivity contribution in [1.82, 2.24) is 14.4 Å². The van der Waals surface area contributed by atoms with Crippen LogP contribution in [0.25, 0.3) is 11.1 Å². The highest BCUT2D eigenvalue weighted by atomic mass is 32.2. The third-order valence-corrected chi connectivity index (χ3v) is 9.95. The molecule has 3 heterocycles. The van der Waals surface area contributed by atoms with Crippen molar-refractivity contribution in [2.24, 2.45) is 7.05 Å². The van der Waals surface area contributed by atoms with E-state index in [1.54, 1.807) is 18.0 Å². The highest BCUT2D eigenvalue weighted by Gasteiger charge is 2.29. The third-order valence-electron chi connectivity index (χ3n) is 8.64. The first kappa shape index (κ1) is 38.2. The molecule has 0 saturated carbocycles. The van der Waals surface area contributed by atoms with Crippen LogP contribution in [-0.2, 0) is 21.8 Å². The number of carbonyl (C=O) groups excluding carboxylic acids is 1. The summed E-state index contributed by atoms with van der Waals surface area (Å²) < 4.78 is 68.3. The van der Waals surface area contributed by atoms with Crippen molar-refractivity contribution in [3.63, 3.8) is 0 Å². The van der Waals surface area contributed by atoms with E-state index in [2.05, 4.69) is 4.72 Å². The van der Waals surface area contributed by atoms with Crippen LogP contribution >= 0.6 is 0 Å². The molecule has 5 rings (SSSR count). The van der Waals surface area contributed by atoms with Gasteiger partial charge in [-0.3, -0.25) is 9.52 Å². The molecule has 0 aliphatic carbocycles. The second-order valence-electron chi connectivity index (χ2n) is 13.8. The highest BCUT2D eigenvalue weighted by Crippen LogP contribution is 2.41. The first-order valence-corrected chi connectivity index (χ1v) is 18.8. The van der Waals surface area contributed by atoms with E-state index in [1.807, 2.05) is 20.8 Å². The maximum absolute atomic E-state index is 15.6. The van der Waals surface area contributed by atoms with Crippen LogP contribution in [0.2, 0.25) is 0 Å². The average molecular weight is 745 g/mol. The lowest BCUT2D eigenvalue weighted by Crippen LogP contribution is -2.44. The van der Waals surface area contributed by atoms with Crippen LogP contribution in [0.1, 0.15) is 53.4 Å². The van der Waals surface area contributed by atoms with Gasteiger partial charge in [0.25, 0.3) is 5.56 Å². The second kappa shape index (κ2) is 15.7. The first-order chi connectivity index (χ1) is 24.5. The Morgan fingerprint density at radius 2 is 1.50 bits per heavy atom. The molecule has 2 N–H and O–H groups in total. The quantitative estimate of drug-likeness (QED) is 0.250. The van der Waals surface area contributed by atoms with Gasteiger partial charge in [0, 0.05) is 94.1 Å². The van der Waals surface area contributed by atoms with E-state index in [0.29, 0.717) is 49.9 Å². The number of likely N-dealkylation sites (tertiary alicyclic amines) is 2. The van der Waals surface area contributed by atoms with Gasteiger partial charge in [0.15, 0.2) is 11.6 Å². The molecular weight excluding hydrogens is 699 g/mol. The van der Waals surface area contributed by atoms with Gasteiger partial charge in [-0.2, -0.15) is 0 Å². The van der Waals surface area contributed by atoms with Crippen molar-refractivity contribution in [2.45, 2.75) is 71.2 Å². The number of ether oxygens (including phenoxy) is 4. The number of nitrogens with zero attached hydrogens (tertiary/aromatic N) is 3. The zero-order valence-corrected chi connectivity index (χ0v) is 30.7. The molecule has 282 valence electrons. The van der Waals surface area contributed by atoms with Crippen LogP contribution in [0.3, 0.4) is 0 Å². The molecule has 16 heteroatoms. The van der Waals surface area contributed by atoms with E-state index in [9.17, 15) is 27.9 Å². The van der Waals surface area contributed by atoms with E-state index < -0.39 is 33.6 Å². The molecule has 2 amide bonds. The number of halogens is 1. The zero-order valence-electron chi connectivity index (χ0n) is 29.9. The lowest BCUT2D eigenvalue weighted by Gasteiger charge is -2.33. The van der Waals surface area contributed by atoms with Gasteiger partial charge in [0.2, 0.25) is 10.0 Å². The number of hydrogen-bond donors (Lipinski definition) is 2. The maximum atomic E-state index is 15.6. The zero-order chi connectivity index (χ0) is 37.8. The highest BCUT2D eigenvalue weighted by molar-refractivity contribution is 7.92. The molecular formula is C36H45FN4O10S. The number of anilines is 1. The van der Waals surface area contributed by atoms with Gasteiger partial charge in [0.05, 0.1) is 5.75 Å². The number of amides is 2. The SMILES string of the molecule is CCS(=O)(=O)Nc1ccc(Oc2ccc(OC3CCN(C(=O)OC(C)(C)C)CC3)cc2F)c(-c2cn(C)c(=O)cc2OC2CCN(C(=O)O)CC2)c1. The third kappa shape index (κ3) is 9.86. The van der Waals surface area contributed by atoms with Gasteiger partial charge in [-0.05, 0) is 58.0 Å². The lowest BCUT2D eigenvalue weighted by atomic mass is 10.0. The molecule has 2 fully saturated rings. The Bertz CT molecular complexity index is 1950. The van der Waals surface area contributed by atoms with E-state index in [1.165, 1.54) is 59.0 Å².